The zero-order chi connectivity index (χ0) is 16.7. The summed E-state index contributed by atoms with van der Waals surface area (Å²) in [6.07, 6.45) is 7.34. The highest BCUT2D eigenvalue weighted by Crippen LogP contribution is 2.22. The molecule has 3 rings (SSSR count). The molecule has 0 heterocycles. The highest BCUT2D eigenvalue weighted by molar-refractivity contribution is 5.75. The van der Waals surface area contributed by atoms with Crippen LogP contribution in [-0.2, 0) is 0 Å². The van der Waals surface area contributed by atoms with Gasteiger partial charge in [-0.15, -0.1) is 0 Å². The molecule has 0 radical (unpaired) electrons. The van der Waals surface area contributed by atoms with E-state index in [-0.39, 0.29) is 13.2 Å². The summed E-state index contributed by atoms with van der Waals surface area (Å²) >= 11 is 0. The first-order valence-electron chi connectivity index (χ1n) is 7.27. The van der Waals surface area contributed by atoms with Crippen molar-refractivity contribution in [1.82, 2.24) is 0 Å². The van der Waals surface area contributed by atoms with E-state index >= 15 is 0 Å². The number of benzene rings is 2. The van der Waals surface area contributed by atoms with E-state index in [4.69, 9.17) is 16.6 Å². The number of phenolic OH excluding ortho intramolecular Hbond substituents is 1. The molecule has 0 bridgehead atoms. The predicted octanol–water partition coefficient (Wildman–Crippen LogP) is 3.48. The van der Waals surface area contributed by atoms with Gasteiger partial charge in [0.2, 0.25) is 0 Å². The van der Waals surface area contributed by atoms with Crippen molar-refractivity contribution in [3.05, 3.63) is 84.0 Å². The van der Waals surface area contributed by atoms with Crippen molar-refractivity contribution in [3.63, 3.8) is 0 Å². The third-order valence-corrected chi connectivity index (χ3v) is 3.39. The summed E-state index contributed by atoms with van der Waals surface area (Å²) in [5, 5.41) is 8.74. The summed E-state index contributed by atoms with van der Waals surface area (Å²) < 4.78 is 0. The number of aldehydes is 1. The summed E-state index contributed by atoms with van der Waals surface area (Å²) in [7, 11) is 0. The van der Waals surface area contributed by atoms with Crippen LogP contribution in [0.5, 0.6) is 5.75 Å². The monoisotopic (exact) mass is 324 g/mol. The Morgan fingerprint density at radius 1 is 1.00 bits per heavy atom. The maximum Gasteiger partial charge on any atom is 0.150 e. The summed E-state index contributed by atoms with van der Waals surface area (Å²) in [5.41, 5.74) is 13.8. The minimum Gasteiger partial charge on any atom is -0.508 e. The number of rotatable bonds is 2. The lowest BCUT2D eigenvalue weighted by Crippen LogP contribution is -2.47. The Morgan fingerprint density at radius 2 is 1.62 bits per heavy atom. The zero-order valence-corrected chi connectivity index (χ0v) is 12.7. The van der Waals surface area contributed by atoms with Gasteiger partial charge < -0.3 is 16.6 Å². The number of phenols is 1. The molecule has 4 heteroatoms. The van der Waals surface area contributed by atoms with Crippen molar-refractivity contribution in [2.75, 3.05) is 0 Å². The number of nitrogens with two attached hydrogens (primary N) is 2. The van der Waals surface area contributed by atoms with Crippen LogP contribution in [-0.4, -0.2) is 17.1 Å². The Labute approximate surface area is 143 Å². The lowest BCUT2D eigenvalue weighted by atomic mass is 9.94. The van der Waals surface area contributed by atoms with E-state index in [0.29, 0.717) is 12.0 Å². The quantitative estimate of drug-likeness (QED) is 0.583. The Bertz CT molecular complexity index is 702. The first-order chi connectivity index (χ1) is 11.0. The molecule has 0 saturated heterocycles. The second-order valence-corrected chi connectivity index (χ2v) is 5.38. The molecule has 126 valence electrons. The van der Waals surface area contributed by atoms with E-state index in [1.807, 2.05) is 30.4 Å². The maximum atomic E-state index is 10.0. The molecule has 0 amide bonds. The molecular formula is C20H24N2O2. The zero-order valence-electron chi connectivity index (χ0n) is 12.7. The molecule has 0 spiro atoms. The molecule has 1 aliphatic carbocycles. The second kappa shape index (κ2) is 8.82. The average molecular weight is 324 g/mol. The number of hydrogen-bond donors (Lipinski definition) is 3. The van der Waals surface area contributed by atoms with Crippen LogP contribution >= 0.6 is 0 Å². The van der Waals surface area contributed by atoms with Gasteiger partial charge in [0, 0.05) is 12.0 Å². The molecule has 0 aromatic heterocycles. The number of allylic oxidation sites excluding steroid dienone is 2. The van der Waals surface area contributed by atoms with Crippen LogP contribution in [0.25, 0.3) is 5.57 Å². The van der Waals surface area contributed by atoms with Gasteiger partial charge in [0.15, 0.2) is 0 Å². The minimum atomic E-state index is -0.668. The van der Waals surface area contributed by atoms with E-state index in [0.717, 1.165) is 6.29 Å². The largest absolute Gasteiger partial charge is 0.508 e. The van der Waals surface area contributed by atoms with E-state index in [2.05, 4.69) is 18.2 Å². The van der Waals surface area contributed by atoms with Gasteiger partial charge in [-0.3, -0.25) is 4.79 Å². The van der Waals surface area contributed by atoms with Crippen LogP contribution in [0.15, 0.2) is 72.8 Å². The van der Waals surface area contributed by atoms with Crippen molar-refractivity contribution < 1.29 is 9.90 Å². The lowest BCUT2D eigenvalue weighted by molar-refractivity contribution is 0.112. The van der Waals surface area contributed by atoms with Crippen LogP contribution in [0.2, 0.25) is 0 Å². The molecule has 0 aliphatic heterocycles. The first-order valence-corrected chi connectivity index (χ1v) is 7.27. The van der Waals surface area contributed by atoms with E-state index in [9.17, 15) is 4.79 Å². The fourth-order valence-electron chi connectivity index (χ4n) is 2.07. The summed E-state index contributed by atoms with van der Waals surface area (Å²) in [5.74, 6) is 0.181. The molecule has 0 unspecified atom stereocenters. The molecule has 2 aromatic carbocycles. The van der Waals surface area contributed by atoms with Gasteiger partial charge in [-0.25, -0.2) is 0 Å². The van der Waals surface area contributed by atoms with Gasteiger partial charge in [0.1, 0.15) is 12.0 Å². The van der Waals surface area contributed by atoms with Crippen molar-refractivity contribution in [2.45, 2.75) is 19.5 Å². The molecule has 5 N–H and O–H groups in total. The van der Waals surface area contributed by atoms with Crippen molar-refractivity contribution in [1.29, 1.82) is 0 Å². The Kier molecular flexibility index (Phi) is 7.11. The number of hydrogen-bond acceptors (Lipinski definition) is 4. The SMILES string of the molecule is C.NC1(N)C=CC(c2ccccc2)=CC1.O=Cc1ccc(O)cc1. The molecule has 4 nitrogen and oxygen atoms in total. The highest BCUT2D eigenvalue weighted by Gasteiger charge is 2.17. The van der Waals surface area contributed by atoms with Crippen LogP contribution in [0.3, 0.4) is 0 Å². The summed E-state index contributed by atoms with van der Waals surface area (Å²) in [6.45, 7) is 0. The highest BCUT2D eigenvalue weighted by atomic mass is 16.3. The van der Waals surface area contributed by atoms with Crippen molar-refractivity contribution >= 4 is 11.9 Å². The van der Waals surface area contributed by atoms with Crippen molar-refractivity contribution in [3.8, 4) is 5.75 Å². The lowest BCUT2D eigenvalue weighted by Gasteiger charge is -2.22. The van der Waals surface area contributed by atoms with Gasteiger partial charge in [-0.05, 0) is 41.5 Å². The first kappa shape index (κ1) is 19.4. The average Bonchev–Trinajstić information content (AvgIpc) is 2.57. The number of aromatic hydroxyl groups is 1. The minimum absolute atomic E-state index is 0. The molecule has 0 saturated carbocycles. The van der Waals surface area contributed by atoms with E-state index in [1.54, 1.807) is 12.1 Å². The molecule has 1 aliphatic rings. The Hall–Kier alpha value is -2.69. The van der Waals surface area contributed by atoms with E-state index < -0.39 is 5.66 Å². The standard InChI is InChI=1S/C12H14N2.C7H6O2.CH4/c13-12(14)8-6-11(7-9-12)10-4-2-1-3-5-10;8-5-6-1-3-7(9)4-2-6;/h1-8H,9,13-14H2;1-5,9H;1H4. The topological polar surface area (TPSA) is 89.3 Å². The Balaban J connectivity index is 0.000000252. The predicted molar refractivity (Wildman–Crippen MR) is 99.5 cm³/mol. The van der Waals surface area contributed by atoms with Gasteiger partial charge >= 0.3 is 0 Å². The van der Waals surface area contributed by atoms with Crippen molar-refractivity contribution in [2.24, 2.45) is 11.5 Å². The number of carbonyl (C=O) groups excluding carboxylic acids is 1. The third-order valence-electron chi connectivity index (χ3n) is 3.39. The molecular weight excluding hydrogens is 300 g/mol. The molecule has 2 aromatic rings. The fourth-order valence-corrected chi connectivity index (χ4v) is 2.07. The fraction of sp³-hybridized carbons (Fsp3) is 0.150. The van der Waals surface area contributed by atoms with E-state index in [1.165, 1.54) is 23.3 Å². The summed E-state index contributed by atoms with van der Waals surface area (Å²) in [4.78, 5) is 10.0. The van der Waals surface area contributed by atoms with Gasteiger partial charge in [0.05, 0.1) is 5.66 Å². The molecule has 24 heavy (non-hydrogen) atoms. The second-order valence-electron chi connectivity index (χ2n) is 5.38. The third kappa shape index (κ3) is 5.83. The van der Waals surface area contributed by atoms with Gasteiger partial charge in [-0.2, -0.15) is 0 Å². The van der Waals surface area contributed by atoms with Crippen LogP contribution in [0.4, 0.5) is 0 Å². The van der Waals surface area contributed by atoms with Gasteiger partial charge in [0.25, 0.3) is 0 Å². The molecule has 0 atom stereocenters. The van der Waals surface area contributed by atoms with Crippen LogP contribution < -0.4 is 11.5 Å². The number of carbonyl (C=O) groups is 1. The van der Waals surface area contributed by atoms with Crippen LogP contribution in [0, 0.1) is 0 Å². The maximum absolute atomic E-state index is 10.0. The van der Waals surface area contributed by atoms with Crippen LogP contribution in [0.1, 0.15) is 29.8 Å². The normalized spacial score (nSPS) is 14.5. The smallest absolute Gasteiger partial charge is 0.150 e. The Morgan fingerprint density at radius 3 is 2.12 bits per heavy atom. The molecule has 0 fully saturated rings. The van der Waals surface area contributed by atoms with Gasteiger partial charge in [-0.1, -0.05) is 49.9 Å². The summed E-state index contributed by atoms with van der Waals surface area (Å²) in [6, 6.07) is 16.3.